The zero-order valence-electron chi connectivity index (χ0n) is 18.3. The Morgan fingerprint density at radius 2 is 1.88 bits per heavy atom. The number of hydrogen-bond acceptors (Lipinski definition) is 6. The minimum atomic E-state index is -0.543. The number of nitro benzene ring substituents is 1. The van der Waals surface area contributed by atoms with Crippen molar-refractivity contribution < 1.29 is 9.72 Å². The molecule has 0 saturated carbocycles. The van der Waals surface area contributed by atoms with Gasteiger partial charge >= 0.3 is 0 Å². The number of benzene rings is 2. The SMILES string of the molecule is CCn1c(SCC(=O)Nc2ccc([N+](=O)[O-])cc2Cl)nnc1-c1ccc(C(C)(C)C)cc1. The smallest absolute Gasteiger partial charge is 0.271 e. The first-order chi connectivity index (χ1) is 15.1. The third kappa shape index (κ3) is 5.46. The monoisotopic (exact) mass is 473 g/mol. The van der Waals surface area contributed by atoms with E-state index >= 15 is 0 Å². The van der Waals surface area contributed by atoms with Gasteiger partial charge in [0.2, 0.25) is 5.91 Å². The van der Waals surface area contributed by atoms with Gasteiger partial charge in [0.25, 0.3) is 5.69 Å². The molecular formula is C22H24ClN5O3S. The molecule has 3 aromatic rings. The van der Waals surface area contributed by atoms with E-state index < -0.39 is 4.92 Å². The van der Waals surface area contributed by atoms with Crippen molar-refractivity contribution in [3.05, 3.63) is 63.2 Å². The van der Waals surface area contributed by atoms with Crippen molar-refractivity contribution in [2.45, 2.75) is 44.8 Å². The molecule has 1 amide bonds. The van der Waals surface area contributed by atoms with Gasteiger partial charge in [0.05, 0.1) is 21.4 Å². The van der Waals surface area contributed by atoms with Crippen LogP contribution in [0.3, 0.4) is 0 Å². The lowest BCUT2D eigenvalue weighted by Gasteiger charge is -2.19. The number of anilines is 1. The van der Waals surface area contributed by atoms with E-state index in [1.165, 1.54) is 35.5 Å². The van der Waals surface area contributed by atoms with Gasteiger partial charge in [-0.05, 0) is 24.0 Å². The predicted molar refractivity (Wildman–Crippen MR) is 127 cm³/mol. The molecule has 0 aliphatic rings. The lowest BCUT2D eigenvalue weighted by molar-refractivity contribution is -0.384. The number of amides is 1. The molecule has 0 atom stereocenters. The Morgan fingerprint density at radius 1 is 1.19 bits per heavy atom. The van der Waals surface area contributed by atoms with Gasteiger partial charge < -0.3 is 9.88 Å². The predicted octanol–water partition coefficient (Wildman–Crippen LogP) is 5.55. The molecule has 0 unspecified atom stereocenters. The Bertz CT molecular complexity index is 1140. The minimum absolute atomic E-state index is 0.0674. The lowest BCUT2D eigenvalue weighted by Crippen LogP contribution is -2.15. The molecule has 0 radical (unpaired) electrons. The number of hydrogen-bond donors (Lipinski definition) is 1. The summed E-state index contributed by atoms with van der Waals surface area (Å²) in [5, 5.41) is 22.8. The van der Waals surface area contributed by atoms with E-state index in [1.807, 2.05) is 23.6 Å². The van der Waals surface area contributed by atoms with Gasteiger partial charge in [0, 0.05) is 24.2 Å². The molecule has 168 valence electrons. The van der Waals surface area contributed by atoms with Gasteiger partial charge in [-0.2, -0.15) is 0 Å². The van der Waals surface area contributed by atoms with Crippen LogP contribution in [-0.4, -0.2) is 31.3 Å². The van der Waals surface area contributed by atoms with E-state index in [1.54, 1.807) is 0 Å². The van der Waals surface area contributed by atoms with Crippen LogP contribution in [0.2, 0.25) is 5.02 Å². The number of rotatable bonds is 7. The molecule has 1 aromatic heterocycles. The van der Waals surface area contributed by atoms with Crippen LogP contribution in [0.25, 0.3) is 11.4 Å². The second-order valence-electron chi connectivity index (χ2n) is 8.14. The van der Waals surface area contributed by atoms with Crippen LogP contribution in [0.4, 0.5) is 11.4 Å². The fourth-order valence-electron chi connectivity index (χ4n) is 3.05. The summed E-state index contributed by atoms with van der Waals surface area (Å²) in [6, 6.07) is 12.2. The van der Waals surface area contributed by atoms with Crippen LogP contribution in [-0.2, 0) is 16.8 Å². The molecule has 3 rings (SSSR count). The van der Waals surface area contributed by atoms with Crippen molar-refractivity contribution in [2.75, 3.05) is 11.1 Å². The molecule has 0 aliphatic carbocycles. The van der Waals surface area contributed by atoms with Crippen molar-refractivity contribution in [1.82, 2.24) is 14.8 Å². The van der Waals surface area contributed by atoms with Crippen molar-refractivity contribution in [1.29, 1.82) is 0 Å². The highest BCUT2D eigenvalue weighted by atomic mass is 35.5. The molecule has 1 heterocycles. The molecule has 0 spiro atoms. The summed E-state index contributed by atoms with van der Waals surface area (Å²) >= 11 is 7.30. The zero-order valence-corrected chi connectivity index (χ0v) is 19.8. The Labute approximate surface area is 195 Å². The second kappa shape index (κ2) is 9.70. The number of nitrogens with zero attached hydrogens (tertiary/aromatic N) is 4. The van der Waals surface area contributed by atoms with Crippen LogP contribution in [0, 0.1) is 10.1 Å². The maximum atomic E-state index is 12.4. The average Bonchev–Trinajstić information content (AvgIpc) is 3.16. The average molecular weight is 474 g/mol. The molecule has 10 heteroatoms. The summed E-state index contributed by atoms with van der Waals surface area (Å²) in [6.45, 7) is 9.15. The zero-order chi connectivity index (χ0) is 23.5. The summed E-state index contributed by atoms with van der Waals surface area (Å²) in [5.74, 6) is 0.538. The quantitative estimate of drug-likeness (QED) is 0.274. The summed E-state index contributed by atoms with van der Waals surface area (Å²) in [7, 11) is 0. The van der Waals surface area contributed by atoms with Gasteiger partial charge in [-0.3, -0.25) is 14.9 Å². The Morgan fingerprint density at radius 3 is 2.44 bits per heavy atom. The standard InChI is InChI=1S/C22H24ClN5O3S/c1-5-27-20(14-6-8-15(9-7-14)22(2,3)4)25-26-21(27)32-13-19(29)24-18-11-10-16(28(30)31)12-17(18)23/h6-12H,5,13H2,1-4H3,(H,24,29). The van der Waals surface area contributed by atoms with E-state index in [4.69, 9.17) is 11.6 Å². The number of thioether (sulfide) groups is 1. The van der Waals surface area contributed by atoms with Crippen molar-refractivity contribution >= 4 is 40.6 Å². The molecule has 1 N–H and O–H groups in total. The third-order valence-electron chi connectivity index (χ3n) is 4.81. The Kier molecular flexibility index (Phi) is 7.20. The van der Waals surface area contributed by atoms with Crippen molar-refractivity contribution in [3.8, 4) is 11.4 Å². The third-order valence-corrected chi connectivity index (χ3v) is 6.09. The first kappa shape index (κ1) is 23.7. The Hall–Kier alpha value is -2.91. The number of halogens is 1. The number of nitro groups is 1. The van der Waals surface area contributed by atoms with Gasteiger partial charge in [0.1, 0.15) is 0 Å². The minimum Gasteiger partial charge on any atom is -0.324 e. The molecule has 0 aliphatic heterocycles. The number of non-ortho nitro benzene ring substituents is 1. The summed E-state index contributed by atoms with van der Waals surface area (Å²) in [5.41, 5.74) is 2.44. The molecule has 8 nitrogen and oxygen atoms in total. The number of nitrogens with one attached hydrogen (secondary N) is 1. The van der Waals surface area contributed by atoms with E-state index in [0.717, 1.165) is 11.4 Å². The number of aromatic nitrogens is 3. The topological polar surface area (TPSA) is 103 Å². The van der Waals surface area contributed by atoms with Crippen LogP contribution in [0.1, 0.15) is 33.3 Å². The maximum Gasteiger partial charge on any atom is 0.271 e. The Balaban J connectivity index is 1.69. The molecule has 32 heavy (non-hydrogen) atoms. The van der Waals surface area contributed by atoms with Crippen molar-refractivity contribution in [2.24, 2.45) is 0 Å². The van der Waals surface area contributed by atoms with Crippen LogP contribution in [0.5, 0.6) is 0 Å². The van der Waals surface area contributed by atoms with Gasteiger partial charge in [-0.25, -0.2) is 0 Å². The van der Waals surface area contributed by atoms with E-state index in [9.17, 15) is 14.9 Å². The second-order valence-corrected chi connectivity index (χ2v) is 9.49. The first-order valence-electron chi connectivity index (χ1n) is 10.0. The van der Waals surface area contributed by atoms with Gasteiger partial charge in [0.15, 0.2) is 11.0 Å². The molecule has 0 bridgehead atoms. The largest absolute Gasteiger partial charge is 0.324 e. The van der Waals surface area contributed by atoms with E-state index in [2.05, 4.69) is 48.4 Å². The van der Waals surface area contributed by atoms with Gasteiger partial charge in [-0.15, -0.1) is 10.2 Å². The first-order valence-corrected chi connectivity index (χ1v) is 11.4. The molecule has 0 fully saturated rings. The molecule has 2 aromatic carbocycles. The fourth-order valence-corrected chi connectivity index (χ4v) is 4.07. The van der Waals surface area contributed by atoms with Crippen LogP contribution < -0.4 is 5.32 Å². The normalized spacial score (nSPS) is 11.4. The highest BCUT2D eigenvalue weighted by molar-refractivity contribution is 7.99. The van der Waals surface area contributed by atoms with Crippen LogP contribution in [0.15, 0.2) is 47.6 Å². The fraction of sp³-hybridized carbons (Fsp3) is 0.318. The number of carbonyl (C=O) groups excluding carboxylic acids is 1. The molecule has 0 saturated heterocycles. The van der Waals surface area contributed by atoms with Crippen LogP contribution >= 0.6 is 23.4 Å². The highest BCUT2D eigenvalue weighted by Crippen LogP contribution is 2.29. The highest BCUT2D eigenvalue weighted by Gasteiger charge is 2.18. The number of carbonyl (C=O) groups is 1. The molecular weight excluding hydrogens is 450 g/mol. The van der Waals surface area contributed by atoms with E-state index in [-0.39, 0.29) is 27.8 Å². The summed E-state index contributed by atoms with van der Waals surface area (Å²) in [6.07, 6.45) is 0. The summed E-state index contributed by atoms with van der Waals surface area (Å²) < 4.78 is 1.96. The van der Waals surface area contributed by atoms with E-state index in [0.29, 0.717) is 17.4 Å². The van der Waals surface area contributed by atoms with Gasteiger partial charge in [-0.1, -0.05) is 68.4 Å². The summed E-state index contributed by atoms with van der Waals surface area (Å²) in [4.78, 5) is 22.7. The van der Waals surface area contributed by atoms with Crippen molar-refractivity contribution in [3.63, 3.8) is 0 Å². The lowest BCUT2D eigenvalue weighted by atomic mass is 9.87. The maximum absolute atomic E-state index is 12.4.